The molecule has 0 bridgehead atoms. The fraction of sp³-hybridized carbons (Fsp3) is 0.333. The van der Waals surface area contributed by atoms with Crippen LogP contribution in [0.1, 0.15) is 18.9 Å². The number of halogens is 1. The molecule has 0 heterocycles. The Labute approximate surface area is 116 Å². The van der Waals surface area contributed by atoms with Gasteiger partial charge < -0.3 is 0 Å². The van der Waals surface area contributed by atoms with Crippen molar-refractivity contribution in [1.82, 2.24) is 4.72 Å². The number of aryl methyl sites for hydroxylation is 1. The van der Waals surface area contributed by atoms with Crippen LogP contribution in [0.4, 0.5) is 10.1 Å². The van der Waals surface area contributed by atoms with Gasteiger partial charge in [0.1, 0.15) is 0 Å². The van der Waals surface area contributed by atoms with Gasteiger partial charge in [-0.1, -0.05) is 6.08 Å². The molecule has 0 aliphatic heterocycles. The minimum absolute atomic E-state index is 0.103. The average molecular weight is 302 g/mol. The zero-order valence-corrected chi connectivity index (χ0v) is 11.9. The zero-order valence-electron chi connectivity index (χ0n) is 11.1. The number of benzene rings is 1. The minimum atomic E-state index is -3.95. The van der Waals surface area contributed by atoms with E-state index in [1.54, 1.807) is 13.0 Å². The molecule has 0 saturated carbocycles. The fourth-order valence-corrected chi connectivity index (χ4v) is 3.20. The van der Waals surface area contributed by atoms with Crippen molar-refractivity contribution < 1.29 is 17.7 Å². The van der Waals surface area contributed by atoms with Crippen molar-refractivity contribution in [2.45, 2.75) is 31.2 Å². The molecular formula is C12H15FN2O4S. The van der Waals surface area contributed by atoms with E-state index in [2.05, 4.69) is 11.3 Å². The number of nitrogens with one attached hydrogen (secondary N) is 1. The first kappa shape index (κ1) is 16.3. The van der Waals surface area contributed by atoms with Crippen molar-refractivity contribution in [1.29, 1.82) is 0 Å². The molecule has 1 rings (SSSR count). The third-order valence-electron chi connectivity index (χ3n) is 2.61. The SMILES string of the molecule is C=CCC(C)NS(=O)(=O)c1cc([N+](=O)[O-])c(F)cc1C. The van der Waals surface area contributed by atoms with E-state index in [0.717, 1.165) is 12.1 Å². The van der Waals surface area contributed by atoms with E-state index in [0.29, 0.717) is 6.42 Å². The monoisotopic (exact) mass is 302 g/mol. The smallest absolute Gasteiger partial charge is 0.258 e. The van der Waals surface area contributed by atoms with Crippen LogP contribution in [0.25, 0.3) is 0 Å². The second-order valence-electron chi connectivity index (χ2n) is 4.37. The van der Waals surface area contributed by atoms with Crippen LogP contribution in [0, 0.1) is 22.9 Å². The van der Waals surface area contributed by atoms with Crippen LogP contribution in [0.3, 0.4) is 0 Å². The van der Waals surface area contributed by atoms with Gasteiger partial charge in [0.15, 0.2) is 0 Å². The van der Waals surface area contributed by atoms with Crippen molar-refractivity contribution in [3.63, 3.8) is 0 Å². The molecule has 0 amide bonds. The maximum atomic E-state index is 13.4. The number of nitro groups is 1. The minimum Gasteiger partial charge on any atom is -0.258 e. The van der Waals surface area contributed by atoms with E-state index in [9.17, 15) is 22.9 Å². The third kappa shape index (κ3) is 3.61. The molecule has 1 unspecified atom stereocenters. The zero-order chi connectivity index (χ0) is 15.5. The van der Waals surface area contributed by atoms with Gasteiger partial charge in [0.25, 0.3) is 0 Å². The molecule has 0 aliphatic rings. The van der Waals surface area contributed by atoms with Crippen molar-refractivity contribution in [2.24, 2.45) is 0 Å². The molecule has 0 fully saturated rings. The van der Waals surface area contributed by atoms with Crippen molar-refractivity contribution >= 4 is 15.7 Å². The van der Waals surface area contributed by atoms with Crippen LogP contribution < -0.4 is 4.72 Å². The molecular weight excluding hydrogens is 287 g/mol. The van der Waals surface area contributed by atoms with Gasteiger partial charge in [0.05, 0.1) is 9.82 Å². The van der Waals surface area contributed by atoms with Crippen LogP contribution in [0.2, 0.25) is 0 Å². The molecule has 1 aromatic carbocycles. The Bertz CT molecular complexity index is 643. The molecule has 0 saturated heterocycles. The highest BCUT2D eigenvalue weighted by Gasteiger charge is 2.25. The Morgan fingerprint density at radius 2 is 2.15 bits per heavy atom. The second kappa shape index (κ2) is 6.10. The van der Waals surface area contributed by atoms with Gasteiger partial charge in [-0.3, -0.25) is 10.1 Å². The fourth-order valence-electron chi connectivity index (χ4n) is 1.70. The molecule has 1 aromatic rings. The molecule has 0 aromatic heterocycles. The van der Waals surface area contributed by atoms with E-state index < -0.39 is 32.5 Å². The van der Waals surface area contributed by atoms with Gasteiger partial charge >= 0.3 is 5.69 Å². The first-order chi connectivity index (χ1) is 9.19. The van der Waals surface area contributed by atoms with Gasteiger partial charge in [-0.05, 0) is 31.9 Å². The van der Waals surface area contributed by atoms with Crippen LogP contribution in [0.5, 0.6) is 0 Å². The van der Waals surface area contributed by atoms with E-state index in [-0.39, 0.29) is 10.5 Å². The first-order valence-electron chi connectivity index (χ1n) is 5.76. The van der Waals surface area contributed by atoms with Crippen LogP contribution in [-0.2, 0) is 10.0 Å². The Kier molecular flexibility index (Phi) is 4.96. The van der Waals surface area contributed by atoms with E-state index >= 15 is 0 Å². The molecule has 1 atom stereocenters. The number of hydrogen-bond donors (Lipinski definition) is 1. The summed E-state index contributed by atoms with van der Waals surface area (Å²) in [6.45, 7) is 6.50. The van der Waals surface area contributed by atoms with Crippen molar-refractivity contribution in [2.75, 3.05) is 0 Å². The summed E-state index contributed by atoms with van der Waals surface area (Å²) >= 11 is 0. The summed E-state index contributed by atoms with van der Waals surface area (Å²) in [5.41, 5.74) is -0.765. The normalized spacial score (nSPS) is 12.9. The summed E-state index contributed by atoms with van der Waals surface area (Å²) < 4.78 is 40.0. The third-order valence-corrected chi connectivity index (χ3v) is 4.34. The Morgan fingerprint density at radius 3 is 2.65 bits per heavy atom. The van der Waals surface area contributed by atoms with Crippen molar-refractivity contribution in [3.8, 4) is 0 Å². The molecule has 8 heteroatoms. The van der Waals surface area contributed by atoms with Crippen LogP contribution in [0.15, 0.2) is 29.7 Å². The second-order valence-corrected chi connectivity index (χ2v) is 6.06. The van der Waals surface area contributed by atoms with E-state index in [1.165, 1.54) is 6.92 Å². The summed E-state index contributed by atoms with van der Waals surface area (Å²) in [7, 11) is -3.95. The molecule has 20 heavy (non-hydrogen) atoms. The summed E-state index contributed by atoms with van der Waals surface area (Å²) in [6.07, 6.45) is 1.95. The quantitative estimate of drug-likeness (QED) is 0.496. The predicted octanol–water partition coefficient (Wildman–Crippen LogP) is 2.29. The van der Waals surface area contributed by atoms with Gasteiger partial charge in [0, 0.05) is 12.1 Å². The number of nitro benzene ring substituents is 1. The molecule has 6 nitrogen and oxygen atoms in total. The number of sulfonamides is 1. The maximum Gasteiger partial charge on any atom is 0.306 e. The lowest BCUT2D eigenvalue weighted by atomic mass is 10.2. The Morgan fingerprint density at radius 1 is 1.55 bits per heavy atom. The Hall–Kier alpha value is -1.80. The van der Waals surface area contributed by atoms with Gasteiger partial charge in [-0.15, -0.1) is 6.58 Å². The summed E-state index contributed by atoms with van der Waals surface area (Å²) in [5, 5.41) is 10.7. The standard InChI is InChI=1S/C12H15FN2O4S/c1-4-5-9(3)14-20(18,19)12-7-11(15(16)17)10(13)6-8(12)2/h4,6-7,9,14H,1,5H2,2-3H3. The largest absolute Gasteiger partial charge is 0.306 e. The highest BCUT2D eigenvalue weighted by molar-refractivity contribution is 7.89. The number of rotatable bonds is 6. The molecule has 110 valence electrons. The number of hydrogen-bond acceptors (Lipinski definition) is 4. The molecule has 0 spiro atoms. The highest BCUT2D eigenvalue weighted by atomic mass is 32.2. The summed E-state index contributed by atoms with van der Waals surface area (Å²) in [4.78, 5) is 9.41. The van der Waals surface area contributed by atoms with Gasteiger partial charge in [0.2, 0.25) is 15.8 Å². The highest BCUT2D eigenvalue weighted by Crippen LogP contribution is 2.25. The first-order valence-corrected chi connectivity index (χ1v) is 7.25. The maximum absolute atomic E-state index is 13.4. The molecule has 0 radical (unpaired) electrons. The number of nitrogens with zero attached hydrogens (tertiary/aromatic N) is 1. The topological polar surface area (TPSA) is 89.3 Å². The summed E-state index contributed by atoms with van der Waals surface area (Å²) in [6, 6.07) is 1.15. The van der Waals surface area contributed by atoms with Gasteiger partial charge in [-0.25, -0.2) is 13.1 Å². The molecule has 1 N–H and O–H groups in total. The summed E-state index contributed by atoms with van der Waals surface area (Å²) in [5.74, 6) is -1.06. The lowest BCUT2D eigenvalue weighted by Crippen LogP contribution is -2.32. The Balaban J connectivity index is 3.28. The van der Waals surface area contributed by atoms with Crippen LogP contribution >= 0.6 is 0 Å². The van der Waals surface area contributed by atoms with E-state index in [1.807, 2.05) is 0 Å². The van der Waals surface area contributed by atoms with Crippen LogP contribution in [-0.4, -0.2) is 19.4 Å². The van der Waals surface area contributed by atoms with Crippen molar-refractivity contribution in [3.05, 3.63) is 46.3 Å². The molecule has 0 aliphatic carbocycles. The van der Waals surface area contributed by atoms with E-state index in [4.69, 9.17) is 0 Å². The van der Waals surface area contributed by atoms with Gasteiger partial charge in [-0.2, -0.15) is 4.39 Å². The lowest BCUT2D eigenvalue weighted by molar-refractivity contribution is -0.387. The predicted molar refractivity (Wildman–Crippen MR) is 72.4 cm³/mol. The average Bonchev–Trinajstić information content (AvgIpc) is 2.27. The lowest BCUT2D eigenvalue weighted by Gasteiger charge is -2.14.